The molecular formula is C19H28F3N3O4S. The largest absolute Gasteiger partial charge is 0.493 e. The van der Waals surface area contributed by atoms with Gasteiger partial charge in [-0.25, -0.2) is 17.9 Å². The molecule has 2 N–H and O–H groups in total. The van der Waals surface area contributed by atoms with Crippen LogP contribution in [-0.2, 0) is 16.2 Å². The van der Waals surface area contributed by atoms with Gasteiger partial charge in [-0.2, -0.15) is 13.2 Å². The molecule has 0 saturated carbocycles. The molecule has 1 fully saturated rings. The molecule has 11 heteroatoms. The predicted octanol–water partition coefficient (Wildman–Crippen LogP) is 3.82. The Kier molecular flexibility index (Phi) is 7.28. The number of rotatable bonds is 5. The smallest absolute Gasteiger partial charge is 0.419 e. The average Bonchev–Trinajstić information content (AvgIpc) is 2.60. The molecule has 1 heterocycles. The van der Waals surface area contributed by atoms with Gasteiger partial charge in [0.2, 0.25) is 10.0 Å². The number of urea groups is 1. The van der Waals surface area contributed by atoms with E-state index in [-0.39, 0.29) is 24.1 Å². The van der Waals surface area contributed by atoms with E-state index in [4.69, 9.17) is 4.74 Å². The molecule has 7 nitrogen and oxygen atoms in total. The second-order valence-electron chi connectivity index (χ2n) is 8.07. The first-order valence-electron chi connectivity index (χ1n) is 9.66. The molecule has 170 valence electrons. The minimum Gasteiger partial charge on any atom is -0.493 e. The summed E-state index contributed by atoms with van der Waals surface area (Å²) in [5.74, 6) is -0.349. The normalized spacial score (nSPS) is 16.4. The van der Waals surface area contributed by atoms with Crippen molar-refractivity contribution in [3.8, 4) is 5.75 Å². The van der Waals surface area contributed by atoms with Crippen molar-refractivity contribution in [1.82, 2.24) is 9.62 Å². The van der Waals surface area contributed by atoms with Gasteiger partial charge < -0.3 is 15.0 Å². The molecule has 1 aliphatic heterocycles. The van der Waals surface area contributed by atoms with Crippen molar-refractivity contribution in [2.24, 2.45) is 0 Å². The van der Waals surface area contributed by atoms with Gasteiger partial charge in [0.15, 0.2) is 0 Å². The SMILES string of the molecule is CCOc1cc(NC(=O)N2CCC(NS(=O)(=O)C(C)(C)C)CC2)ccc1C(F)(F)F. The lowest BCUT2D eigenvalue weighted by atomic mass is 10.1. The highest BCUT2D eigenvalue weighted by Gasteiger charge is 2.35. The van der Waals surface area contributed by atoms with E-state index in [0.29, 0.717) is 25.9 Å². The Bertz CT molecular complexity index is 859. The number of nitrogens with zero attached hydrogens (tertiary/aromatic N) is 1. The lowest BCUT2D eigenvalue weighted by Gasteiger charge is -2.33. The molecule has 0 radical (unpaired) electrons. The minimum atomic E-state index is -4.56. The van der Waals surface area contributed by atoms with Crippen molar-refractivity contribution in [3.05, 3.63) is 23.8 Å². The van der Waals surface area contributed by atoms with Crippen LogP contribution in [0.3, 0.4) is 0 Å². The van der Waals surface area contributed by atoms with Crippen LogP contribution >= 0.6 is 0 Å². The van der Waals surface area contributed by atoms with E-state index in [9.17, 15) is 26.4 Å². The molecule has 2 rings (SSSR count). The van der Waals surface area contributed by atoms with E-state index < -0.39 is 32.5 Å². The predicted molar refractivity (Wildman–Crippen MR) is 108 cm³/mol. The average molecular weight is 452 g/mol. The second kappa shape index (κ2) is 9.01. The molecule has 2 amide bonds. The number of hydrogen-bond acceptors (Lipinski definition) is 4. The highest BCUT2D eigenvalue weighted by atomic mass is 32.2. The molecule has 1 aromatic carbocycles. The molecule has 1 aromatic rings. The number of ether oxygens (including phenoxy) is 1. The van der Waals surface area contributed by atoms with Gasteiger partial charge in [0, 0.05) is 30.9 Å². The van der Waals surface area contributed by atoms with Gasteiger partial charge in [0.05, 0.1) is 16.9 Å². The number of hydrogen-bond donors (Lipinski definition) is 2. The van der Waals surface area contributed by atoms with Crippen LogP contribution in [-0.4, -0.2) is 49.8 Å². The first-order valence-corrected chi connectivity index (χ1v) is 11.1. The maximum atomic E-state index is 13.1. The Balaban J connectivity index is 1.99. The van der Waals surface area contributed by atoms with Gasteiger partial charge in [0.25, 0.3) is 0 Å². The third kappa shape index (κ3) is 6.00. The summed E-state index contributed by atoms with van der Waals surface area (Å²) in [7, 11) is -3.48. The fourth-order valence-corrected chi connectivity index (χ4v) is 3.94. The van der Waals surface area contributed by atoms with Gasteiger partial charge in [-0.1, -0.05) is 0 Å². The highest BCUT2D eigenvalue weighted by Crippen LogP contribution is 2.37. The van der Waals surface area contributed by atoms with E-state index in [1.165, 1.54) is 11.0 Å². The summed E-state index contributed by atoms with van der Waals surface area (Å²) in [6, 6.07) is 2.46. The van der Waals surface area contributed by atoms with Gasteiger partial charge >= 0.3 is 12.2 Å². The number of alkyl halides is 3. The summed E-state index contributed by atoms with van der Waals surface area (Å²) >= 11 is 0. The Morgan fingerprint density at radius 1 is 1.20 bits per heavy atom. The fraction of sp³-hybridized carbons (Fsp3) is 0.632. The summed E-state index contributed by atoms with van der Waals surface area (Å²) in [6.45, 7) is 7.10. The number of piperidine rings is 1. The Hall–Kier alpha value is -2.01. The molecule has 0 aromatic heterocycles. The standard InChI is InChI=1S/C19H28F3N3O4S/c1-5-29-16-12-14(6-7-15(16)19(20,21)22)23-17(26)25-10-8-13(9-11-25)24-30(27,28)18(2,3)4/h6-7,12-13,24H,5,8-11H2,1-4H3,(H,23,26). The Labute approximate surface area is 175 Å². The zero-order valence-electron chi connectivity index (χ0n) is 17.5. The zero-order chi connectivity index (χ0) is 22.7. The molecule has 0 unspecified atom stereocenters. The number of halogens is 3. The van der Waals surface area contributed by atoms with Crippen LogP contribution in [0, 0.1) is 0 Å². The molecule has 1 saturated heterocycles. The summed E-state index contributed by atoms with van der Waals surface area (Å²) in [5.41, 5.74) is -0.721. The second-order valence-corrected chi connectivity index (χ2v) is 10.5. The molecule has 0 spiro atoms. The van der Waals surface area contributed by atoms with Crippen LogP contribution in [0.4, 0.5) is 23.7 Å². The number of anilines is 1. The number of amides is 2. The van der Waals surface area contributed by atoms with Crippen molar-refractivity contribution in [2.75, 3.05) is 25.0 Å². The fourth-order valence-electron chi connectivity index (χ4n) is 2.91. The molecular weight excluding hydrogens is 423 g/mol. The molecule has 30 heavy (non-hydrogen) atoms. The summed E-state index contributed by atoms with van der Waals surface area (Å²) < 4.78 is 70.5. The van der Waals surface area contributed by atoms with Crippen LogP contribution < -0.4 is 14.8 Å². The monoisotopic (exact) mass is 451 g/mol. The lowest BCUT2D eigenvalue weighted by molar-refractivity contribution is -0.138. The summed E-state index contributed by atoms with van der Waals surface area (Å²) in [5, 5.41) is 2.58. The van der Waals surface area contributed by atoms with E-state index in [1.54, 1.807) is 27.7 Å². The Morgan fingerprint density at radius 3 is 2.30 bits per heavy atom. The minimum absolute atomic E-state index is 0.0540. The van der Waals surface area contributed by atoms with Gasteiger partial charge in [-0.15, -0.1) is 0 Å². The topological polar surface area (TPSA) is 87.7 Å². The van der Waals surface area contributed by atoms with Crippen molar-refractivity contribution in [3.63, 3.8) is 0 Å². The van der Waals surface area contributed by atoms with Crippen molar-refractivity contribution < 1.29 is 31.1 Å². The third-order valence-electron chi connectivity index (χ3n) is 4.75. The highest BCUT2D eigenvalue weighted by molar-refractivity contribution is 7.90. The number of benzene rings is 1. The van der Waals surface area contributed by atoms with Crippen molar-refractivity contribution >= 4 is 21.7 Å². The van der Waals surface area contributed by atoms with E-state index >= 15 is 0 Å². The quantitative estimate of drug-likeness (QED) is 0.713. The Morgan fingerprint density at radius 2 is 1.80 bits per heavy atom. The first kappa shape index (κ1) is 24.3. The van der Waals surface area contributed by atoms with Crippen LogP contribution in [0.2, 0.25) is 0 Å². The van der Waals surface area contributed by atoms with Crippen LogP contribution in [0.1, 0.15) is 46.1 Å². The number of sulfonamides is 1. The van der Waals surface area contributed by atoms with Crippen molar-refractivity contribution in [2.45, 2.75) is 57.5 Å². The van der Waals surface area contributed by atoms with Crippen LogP contribution in [0.15, 0.2) is 18.2 Å². The lowest BCUT2D eigenvalue weighted by Crippen LogP contribution is -2.50. The molecule has 1 aliphatic rings. The third-order valence-corrected chi connectivity index (χ3v) is 7.00. The number of carbonyl (C=O) groups excluding carboxylic acids is 1. The summed E-state index contributed by atoms with van der Waals surface area (Å²) in [4.78, 5) is 14.0. The molecule has 0 aliphatic carbocycles. The zero-order valence-corrected chi connectivity index (χ0v) is 18.3. The number of carbonyl (C=O) groups is 1. The maximum Gasteiger partial charge on any atom is 0.419 e. The first-order chi connectivity index (χ1) is 13.7. The maximum absolute atomic E-state index is 13.1. The molecule has 0 bridgehead atoms. The van der Waals surface area contributed by atoms with Crippen LogP contribution in [0.5, 0.6) is 5.75 Å². The van der Waals surface area contributed by atoms with Gasteiger partial charge in [-0.05, 0) is 52.7 Å². The van der Waals surface area contributed by atoms with E-state index in [1.807, 2.05) is 0 Å². The van der Waals surface area contributed by atoms with Gasteiger partial charge in [0.1, 0.15) is 5.75 Å². The molecule has 0 atom stereocenters. The number of nitrogens with one attached hydrogen (secondary N) is 2. The van der Waals surface area contributed by atoms with E-state index in [0.717, 1.165) is 12.1 Å². The van der Waals surface area contributed by atoms with E-state index in [2.05, 4.69) is 10.0 Å². The summed E-state index contributed by atoms with van der Waals surface area (Å²) in [6.07, 6.45) is -3.67. The van der Waals surface area contributed by atoms with Crippen LogP contribution in [0.25, 0.3) is 0 Å². The van der Waals surface area contributed by atoms with Gasteiger partial charge in [-0.3, -0.25) is 0 Å². The van der Waals surface area contributed by atoms with Crippen molar-refractivity contribution in [1.29, 1.82) is 0 Å². The number of likely N-dealkylation sites (tertiary alicyclic amines) is 1.